The van der Waals surface area contributed by atoms with Crippen LogP contribution < -0.4 is 5.32 Å². The molecular formula is C18H17N5O3S. The first-order valence-corrected chi connectivity index (χ1v) is 9.11. The molecule has 0 fully saturated rings. The van der Waals surface area contributed by atoms with Crippen molar-refractivity contribution in [3.63, 3.8) is 0 Å². The van der Waals surface area contributed by atoms with Crippen molar-refractivity contribution in [1.82, 2.24) is 14.8 Å². The average molecular weight is 383 g/mol. The van der Waals surface area contributed by atoms with Crippen molar-refractivity contribution in [2.45, 2.75) is 17.3 Å². The lowest BCUT2D eigenvalue weighted by Gasteiger charge is -2.06. The van der Waals surface area contributed by atoms with Gasteiger partial charge in [0.2, 0.25) is 5.91 Å². The molecule has 1 heterocycles. The van der Waals surface area contributed by atoms with Crippen LogP contribution in [0.4, 0.5) is 11.4 Å². The van der Waals surface area contributed by atoms with E-state index in [0.717, 1.165) is 5.69 Å². The van der Waals surface area contributed by atoms with Crippen molar-refractivity contribution in [1.29, 1.82) is 0 Å². The molecule has 3 rings (SSSR count). The molecule has 0 radical (unpaired) electrons. The minimum atomic E-state index is -0.397. The molecule has 0 aliphatic carbocycles. The smallest absolute Gasteiger partial charge is 0.273 e. The molecule has 0 saturated heterocycles. The second-order valence-electron chi connectivity index (χ2n) is 5.72. The van der Waals surface area contributed by atoms with Crippen LogP contribution in [0.3, 0.4) is 0 Å². The summed E-state index contributed by atoms with van der Waals surface area (Å²) in [7, 11) is 1.77. The lowest BCUT2D eigenvalue weighted by molar-refractivity contribution is -0.385. The zero-order valence-electron chi connectivity index (χ0n) is 14.5. The maximum absolute atomic E-state index is 12.2. The molecule has 9 heteroatoms. The molecule has 0 aliphatic heterocycles. The third-order valence-electron chi connectivity index (χ3n) is 3.85. The number of nitrogens with zero attached hydrogens (tertiary/aromatic N) is 4. The Morgan fingerprint density at radius 2 is 1.85 bits per heavy atom. The largest absolute Gasteiger partial charge is 0.326 e. The molecule has 0 bridgehead atoms. The van der Waals surface area contributed by atoms with Crippen molar-refractivity contribution in [2.75, 3.05) is 5.32 Å². The Morgan fingerprint density at radius 1 is 1.15 bits per heavy atom. The molecule has 1 aromatic heterocycles. The second kappa shape index (κ2) is 8.45. The van der Waals surface area contributed by atoms with E-state index in [0.29, 0.717) is 22.3 Å². The predicted octanol–water partition coefficient (Wildman–Crippen LogP) is 3.20. The summed E-state index contributed by atoms with van der Waals surface area (Å²) in [6.07, 6.45) is 0.0877. The number of nitro benzene ring substituents is 1. The average Bonchev–Trinajstić information content (AvgIpc) is 3.00. The topological polar surface area (TPSA) is 103 Å². The fourth-order valence-corrected chi connectivity index (χ4v) is 3.37. The number of nitrogens with one attached hydrogen (secondary N) is 1. The highest BCUT2D eigenvalue weighted by molar-refractivity contribution is 7.98. The molecule has 0 unspecified atom stereocenters. The highest BCUT2D eigenvalue weighted by atomic mass is 32.2. The van der Waals surface area contributed by atoms with Crippen LogP contribution in [0.25, 0.3) is 0 Å². The molecule has 0 aliphatic rings. The number of anilines is 1. The number of para-hydroxylation sites is 2. The number of carbonyl (C=O) groups is 1. The highest BCUT2D eigenvalue weighted by Crippen LogP contribution is 2.26. The number of hydrogen-bond acceptors (Lipinski definition) is 6. The fraction of sp³-hybridized carbons (Fsp3) is 0.167. The summed E-state index contributed by atoms with van der Waals surface area (Å²) in [4.78, 5) is 22.9. The summed E-state index contributed by atoms with van der Waals surface area (Å²) < 4.78 is 1.73. The van der Waals surface area contributed by atoms with Gasteiger partial charge in [-0.1, -0.05) is 48.2 Å². The van der Waals surface area contributed by atoms with Gasteiger partial charge in [-0.15, -0.1) is 10.2 Å². The van der Waals surface area contributed by atoms with E-state index in [4.69, 9.17) is 0 Å². The van der Waals surface area contributed by atoms with Gasteiger partial charge in [-0.3, -0.25) is 14.9 Å². The molecule has 138 valence electrons. The molecule has 2 aromatic carbocycles. The van der Waals surface area contributed by atoms with Gasteiger partial charge >= 0.3 is 0 Å². The van der Waals surface area contributed by atoms with E-state index >= 15 is 0 Å². The van der Waals surface area contributed by atoms with E-state index in [9.17, 15) is 14.9 Å². The maximum Gasteiger partial charge on any atom is 0.273 e. The molecule has 1 amide bonds. The Balaban J connectivity index is 1.64. The fourth-order valence-electron chi connectivity index (χ4n) is 2.45. The van der Waals surface area contributed by atoms with Crippen LogP contribution in [0.1, 0.15) is 11.4 Å². The van der Waals surface area contributed by atoms with Gasteiger partial charge in [0.15, 0.2) is 5.16 Å². The zero-order chi connectivity index (χ0) is 19.2. The van der Waals surface area contributed by atoms with Gasteiger partial charge in [0.1, 0.15) is 5.82 Å². The van der Waals surface area contributed by atoms with E-state index < -0.39 is 4.92 Å². The van der Waals surface area contributed by atoms with Crippen LogP contribution in [-0.2, 0) is 24.0 Å². The van der Waals surface area contributed by atoms with Crippen molar-refractivity contribution in [3.05, 3.63) is 76.1 Å². The minimum Gasteiger partial charge on any atom is -0.326 e. The molecule has 0 spiro atoms. The minimum absolute atomic E-state index is 0.0784. The van der Waals surface area contributed by atoms with Crippen LogP contribution in [0, 0.1) is 10.1 Å². The van der Waals surface area contributed by atoms with E-state index in [1.54, 1.807) is 29.8 Å². The Hall–Kier alpha value is -3.20. The second-order valence-corrected chi connectivity index (χ2v) is 6.67. The number of rotatable bonds is 7. The van der Waals surface area contributed by atoms with Gasteiger partial charge < -0.3 is 9.88 Å². The lowest BCUT2D eigenvalue weighted by Crippen LogP contribution is -2.16. The Kier molecular flexibility index (Phi) is 5.82. The number of amides is 1. The molecule has 3 aromatic rings. The summed E-state index contributed by atoms with van der Waals surface area (Å²) >= 11 is 1.34. The van der Waals surface area contributed by atoms with Crippen molar-refractivity contribution in [2.24, 2.45) is 7.05 Å². The van der Waals surface area contributed by atoms with Gasteiger partial charge in [-0.25, -0.2) is 0 Å². The summed E-state index contributed by atoms with van der Waals surface area (Å²) in [6, 6.07) is 15.8. The maximum atomic E-state index is 12.2. The number of nitro groups is 1. The van der Waals surface area contributed by atoms with Gasteiger partial charge in [-0.2, -0.15) is 0 Å². The van der Waals surface area contributed by atoms with Crippen LogP contribution in [-0.4, -0.2) is 25.6 Å². The first-order chi connectivity index (χ1) is 13.0. The third kappa shape index (κ3) is 4.70. The third-order valence-corrected chi connectivity index (χ3v) is 4.92. The summed E-state index contributed by atoms with van der Waals surface area (Å²) in [5, 5.41) is 22.6. The normalized spacial score (nSPS) is 10.6. The van der Waals surface area contributed by atoms with Crippen LogP contribution in [0.2, 0.25) is 0 Å². The monoisotopic (exact) mass is 383 g/mol. The summed E-state index contributed by atoms with van der Waals surface area (Å²) in [6.45, 7) is 0. The van der Waals surface area contributed by atoms with Gasteiger partial charge in [0, 0.05) is 30.1 Å². The summed E-state index contributed by atoms with van der Waals surface area (Å²) in [5.41, 5.74) is 1.41. The number of hydrogen-bond donors (Lipinski definition) is 1. The van der Waals surface area contributed by atoms with Crippen LogP contribution in [0.5, 0.6) is 0 Å². The summed E-state index contributed by atoms with van der Waals surface area (Å²) in [5.74, 6) is 0.722. The van der Waals surface area contributed by atoms with Crippen molar-refractivity contribution >= 4 is 29.0 Å². The predicted molar refractivity (Wildman–Crippen MR) is 102 cm³/mol. The molecular weight excluding hydrogens is 366 g/mol. The Labute approximate surface area is 159 Å². The first kappa shape index (κ1) is 18.6. The van der Waals surface area contributed by atoms with Crippen LogP contribution in [0.15, 0.2) is 59.8 Å². The molecule has 27 heavy (non-hydrogen) atoms. The van der Waals surface area contributed by atoms with E-state index in [-0.39, 0.29) is 18.0 Å². The standard InChI is InChI=1S/C18H17N5O3S/c1-22-16(11-17(24)19-14-8-3-2-4-9-14)20-21-18(22)27-12-13-7-5-6-10-15(13)23(25)26/h2-10H,11-12H2,1H3,(H,19,24). The van der Waals surface area contributed by atoms with Crippen molar-refractivity contribution in [3.8, 4) is 0 Å². The van der Waals surface area contributed by atoms with E-state index in [1.165, 1.54) is 17.8 Å². The molecule has 1 N–H and O–H groups in total. The highest BCUT2D eigenvalue weighted by Gasteiger charge is 2.16. The Bertz CT molecular complexity index is 959. The van der Waals surface area contributed by atoms with E-state index in [1.807, 2.05) is 30.3 Å². The number of aromatic nitrogens is 3. The zero-order valence-corrected chi connectivity index (χ0v) is 15.3. The Morgan fingerprint density at radius 3 is 2.59 bits per heavy atom. The molecule has 0 atom stereocenters. The number of benzene rings is 2. The van der Waals surface area contributed by atoms with Gasteiger partial charge in [0.05, 0.1) is 11.3 Å². The molecule has 8 nitrogen and oxygen atoms in total. The number of carbonyl (C=O) groups excluding carboxylic acids is 1. The van der Waals surface area contributed by atoms with Crippen molar-refractivity contribution < 1.29 is 9.72 Å². The lowest BCUT2D eigenvalue weighted by atomic mass is 10.2. The van der Waals surface area contributed by atoms with E-state index in [2.05, 4.69) is 15.5 Å². The van der Waals surface area contributed by atoms with Crippen LogP contribution >= 0.6 is 11.8 Å². The first-order valence-electron chi connectivity index (χ1n) is 8.13. The van der Waals surface area contributed by atoms with Gasteiger partial charge in [-0.05, 0) is 12.1 Å². The molecule has 0 saturated carbocycles. The SMILES string of the molecule is Cn1c(CC(=O)Nc2ccccc2)nnc1SCc1ccccc1[N+](=O)[O-]. The quantitative estimate of drug-likeness (QED) is 0.382. The van der Waals surface area contributed by atoms with Gasteiger partial charge in [0.25, 0.3) is 5.69 Å². The number of thioether (sulfide) groups is 1.